The van der Waals surface area contributed by atoms with E-state index in [1.807, 2.05) is 0 Å². The first kappa shape index (κ1) is 15.6. The number of piperazine rings is 1. The fourth-order valence-corrected chi connectivity index (χ4v) is 3.16. The van der Waals surface area contributed by atoms with Crippen LogP contribution in [0.5, 0.6) is 0 Å². The molecule has 1 saturated heterocycles. The molecule has 1 fully saturated rings. The minimum Gasteiger partial charge on any atom is -0.336 e. The lowest BCUT2D eigenvalue weighted by atomic mass is 10.2. The highest BCUT2D eigenvalue weighted by atomic mass is 35.5. The molecule has 1 heterocycles. The summed E-state index contributed by atoms with van der Waals surface area (Å²) in [7, 11) is -3.20. The lowest BCUT2D eigenvalue weighted by Crippen LogP contribution is -2.50. The molecule has 0 aromatic heterocycles. The Bertz CT molecular complexity index is 626. The van der Waals surface area contributed by atoms with Gasteiger partial charge in [-0.2, -0.15) is 4.31 Å². The summed E-state index contributed by atoms with van der Waals surface area (Å²) >= 11 is 11.7. The van der Waals surface area contributed by atoms with Crippen LogP contribution in [0.3, 0.4) is 0 Å². The second kappa shape index (κ2) is 5.89. The van der Waals surface area contributed by atoms with Gasteiger partial charge >= 0.3 is 0 Å². The van der Waals surface area contributed by atoms with Crippen molar-refractivity contribution in [2.45, 2.75) is 0 Å². The first-order chi connectivity index (χ1) is 9.29. The van der Waals surface area contributed by atoms with Crippen LogP contribution in [-0.2, 0) is 10.0 Å². The maximum absolute atomic E-state index is 12.3. The molecule has 0 aliphatic carbocycles. The van der Waals surface area contributed by atoms with Crippen molar-refractivity contribution >= 4 is 39.1 Å². The first-order valence-corrected chi connectivity index (χ1v) is 8.59. The van der Waals surface area contributed by atoms with Gasteiger partial charge in [-0.1, -0.05) is 23.2 Å². The average molecular weight is 337 g/mol. The summed E-state index contributed by atoms with van der Waals surface area (Å²) in [6.07, 6.45) is 1.17. The van der Waals surface area contributed by atoms with Crippen LogP contribution in [0.1, 0.15) is 10.4 Å². The molecule has 5 nitrogen and oxygen atoms in total. The normalized spacial score (nSPS) is 17.2. The van der Waals surface area contributed by atoms with Gasteiger partial charge in [0.05, 0.1) is 16.3 Å². The Morgan fingerprint density at radius 3 is 2.20 bits per heavy atom. The molecular formula is C12H14Cl2N2O3S. The predicted molar refractivity (Wildman–Crippen MR) is 78.8 cm³/mol. The summed E-state index contributed by atoms with van der Waals surface area (Å²) in [4.78, 5) is 13.9. The molecule has 0 N–H and O–H groups in total. The Morgan fingerprint density at radius 1 is 1.10 bits per heavy atom. The van der Waals surface area contributed by atoms with Gasteiger partial charge in [-0.3, -0.25) is 4.79 Å². The van der Waals surface area contributed by atoms with E-state index in [0.717, 1.165) is 0 Å². The molecule has 2 rings (SSSR count). The molecule has 0 radical (unpaired) electrons. The van der Waals surface area contributed by atoms with Crippen LogP contribution < -0.4 is 0 Å². The zero-order valence-corrected chi connectivity index (χ0v) is 13.2. The van der Waals surface area contributed by atoms with Crippen molar-refractivity contribution in [1.82, 2.24) is 9.21 Å². The molecule has 20 heavy (non-hydrogen) atoms. The Hall–Kier alpha value is -0.820. The van der Waals surface area contributed by atoms with E-state index < -0.39 is 10.0 Å². The molecule has 110 valence electrons. The van der Waals surface area contributed by atoms with Gasteiger partial charge in [0.2, 0.25) is 10.0 Å². The summed E-state index contributed by atoms with van der Waals surface area (Å²) in [5.41, 5.74) is 0.451. The van der Waals surface area contributed by atoms with E-state index in [4.69, 9.17) is 23.2 Å². The maximum Gasteiger partial charge on any atom is 0.253 e. The Labute approximate surface area is 128 Å². The van der Waals surface area contributed by atoms with Crippen molar-refractivity contribution < 1.29 is 13.2 Å². The van der Waals surface area contributed by atoms with E-state index in [1.54, 1.807) is 17.0 Å². The van der Waals surface area contributed by atoms with Gasteiger partial charge in [0.1, 0.15) is 0 Å². The van der Waals surface area contributed by atoms with E-state index >= 15 is 0 Å². The number of carbonyl (C=O) groups is 1. The molecule has 1 aromatic rings. The van der Waals surface area contributed by atoms with E-state index in [0.29, 0.717) is 41.8 Å². The van der Waals surface area contributed by atoms with Crippen molar-refractivity contribution in [1.29, 1.82) is 0 Å². The van der Waals surface area contributed by atoms with Crippen LogP contribution in [-0.4, -0.2) is 56.0 Å². The highest BCUT2D eigenvalue weighted by molar-refractivity contribution is 7.88. The van der Waals surface area contributed by atoms with Crippen molar-refractivity contribution in [3.05, 3.63) is 33.8 Å². The highest BCUT2D eigenvalue weighted by Gasteiger charge is 2.26. The van der Waals surface area contributed by atoms with Gasteiger partial charge in [-0.25, -0.2) is 8.42 Å². The fourth-order valence-electron chi connectivity index (χ4n) is 2.03. The summed E-state index contributed by atoms with van der Waals surface area (Å²) in [6.45, 7) is 1.36. The number of carbonyl (C=O) groups excluding carboxylic acids is 1. The molecule has 0 unspecified atom stereocenters. The number of sulfonamides is 1. The standard InChI is InChI=1S/C12H14Cl2N2O3S/c1-20(18,19)16-6-4-15(5-7-16)12(17)9-2-3-10(13)11(14)8-9/h2-3,8H,4-7H2,1H3. The second-order valence-electron chi connectivity index (χ2n) is 4.58. The summed E-state index contributed by atoms with van der Waals surface area (Å²) < 4.78 is 24.2. The predicted octanol–water partition coefficient (Wildman–Crippen LogP) is 1.71. The summed E-state index contributed by atoms with van der Waals surface area (Å²) in [5.74, 6) is -0.170. The second-order valence-corrected chi connectivity index (χ2v) is 7.38. The minimum absolute atomic E-state index is 0.170. The lowest BCUT2D eigenvalue weighted by molar-refractivity contribution is 0.0698. The van der Waals surface area contributed by atoms with Crippen LogP contribution in [0.4, 0.5) is 0 Å². The number of benzene rings is 1. The van der Waals surface area contributed by atoms with Crippen LogP contribution in [0.15, 0.2) is 18.2 Å². The molecule has 8 heteroatoms. The smallest absolute Gasteiger partial charge is 0.253 e. The van der Waals surface area contributed by atoms with Gasteiger partial charge in [0.15, 0.2) is 0 Å². The zero-order chi connectivity index (χ0) is 14.9. The van der Waals surface area contributed by atoms with Crippen LogP contribution in [0.2, 0.25) is 10.0 Å². The largest absolute Gasteiger partial charge is 0.336 e. The molecule has 0 atom stereocenters. The molecule has 1 aromatic carbocycles. The molecular weight excluding hydrogens is 323 g/mol. The fraction of sp³-hybridized carbons (Fsp3) is 0.417. The maximum atomic E-state index is 12.3. The number of rotatable bonds is 2. The van der Waals surface area contributed by atoms with Gasteiger partial charge in [-0.15, -0.1) is 0 Å². The van der Waals surface area contributed by atoms with Gasteiger partial charge < -0.3 is 4.90 Å². The van der Waals surface area contributed by atoms with Crippen LogP contribution >= 0.6 is 23.2 Å². The highest BCUT2D eigenvalue weighted by Crippen LogP contribution is 2.23. The number of halogens is 2. The molecule has 1 aliphatic heterocycles. The van der Waals surface area contributed by atoms with E-state index in [2.05, 4.69) is 0 Å². The average Bonchev–Trinajstić information content (AvgIpc) is 2.40. The first-order valence-electron chi connectivity index (χ1n) is 5.98. The summed E-state index contributed by atoms with van der Waals surface area (Å²) in [5, 5.41) is 0.720. The molecule has 0 saturated carbocycles. The van der Waals surface area contributed by atoms with Gasteiger partial charge in [-0.05, 0) is 18.2 Å². The molecule has 1 amide bonds. The number of hydrogen-bond donors (Lipinski definition) is 0. The summed E-state index contributed by atoms with van der Waals surface area (Å²) in [6, 6.07) is 4.71. The quantitative estimate of drug-likeness (QED) is 0.826. The number of amides is 1. The molecule has 1 aliphatic rings. The van der Waals surface area contributed by atoms with Crippen molar-refractivity contribution in [3.63, 3.8) is 0 Å². The Kier molecular flexibility index (Phi) is 4.59. The Morgan fingerprint density at radius 2 is 1.70 bits per heavy atom. The third kappa shape index (κ3) is 3.44. The zero-order valence-electron chi connectivity index (χ0n) is 10.8. The van der Waals surface area contributed by atoms with Gasteiger partial charge in [0, 0.05) is 31.7 Å². The van der Waals surface area contributed by atoms with E-state index in [9.17, 15) is 13.2 Å². The van der Waals surface area contributed by atoms with Crippen LogP contribution in [0, 0.1) is 0 Å². The van der Waals surface area contributed by atoms with Crippen LogP contribution in [0.25, 0.3) is 0 Å². The van der Waals surface area contributed by atoms with Crippen molar-refractivity contribution in [3.8, 4) is 0 Å². The van der Waals surface area contributed by atoms with Crippen molar-refractivity contribution in [2.75, 3.05) is 32.4 Å². The minimum atomic E-state index is -3.20. The number of hydrogen-bond acceptors (Lipinski definition) is 3. The molecule has 0 bridgehead atoms. The number of nitrogens with zero attached hydrogens (tertiary/aromatic N) is 2. The van der Waals surface area contributed by atoms with Gasteiger partial charge in [0.25, 0.3) is 5.91 Å². The monoisotopic (exact) mass is 336 g/mol. The Balaban J connectivity index is 2.07. The van der Waals surface area contributed by atoms with E-state index in [-0.39, 0.29) is 5.91 Å². The molecule has 0 spiro atoms. The van der Waals surface area contributed by atoms with E-state index in [1.165, 1.54) is 16.6 Å². The third-order valence-electron chi connectivity index (χ3n) is 3.16. The lowest BCUT2D eigenvalue weighted by Gasteiger charge is -2.33. The third-order valence-corrected chi connectivity index (χ3v) is 5.20. The van der Waals surface area contributed by atoms with Crippen molar-refractivity contribution in [2.24, 2.45) is 0 Å². The SMILES string of the molecule is CS(=O)(=O)N1CCN(C(=O)c2ccc(Cl)c(Cl)c2)CC1. The topological polar surface area (TPSA) is 57.7 Å².